The highest BCUT2D eigenvalue weighted by Gasteiger charge is 2.15. The molecule has 0 aliphatic heterocycles. The summed E-state index contributed by atoms with van der Waals surface area (Å²) in [7, 11) is 0. The minimum absolute atomic E-state index is 0.0541. The van der Waals surface area contributed by atoms with Gasteiger partial charge >= 0.3 is 0 Å². The number of rotatable bonds is 8. The van der Waals surface area contributed by atoms with Gasteiger partial charge in [-0.3, -0.25) is 14.2 Å². The highest BCUT2D eigenvalue weighted by Crippen LogP contribution is 2.20. The van der Waals surface area contributed by atoms with E-state index in [0.29, 0.717) is 28.5 Å². The Kier molecular flexibility index (Phi) is 7.32. The zero-order chi connectivity index (χ0) is 21.7. The molecule has 0 radical (unpaired) electrons. The third-order valence-electron chi connectivity index (χ3n) is 4.97. The maximum absolute atomic E-state index is 13.0. The fourth-order valence-electron chi connectivity index (χ4n) is 3.32. The average molecular weight is 424 g/mol. The first-order valence-corrected chi connectivity index (χ1v) is 11.4. The Morgan fingerprint density at radius 1 is 1.10 bits per heavy atom. The number of hydrogen-bond donors (Lipinski definition) is 1. The van der Waals surface area contributed by atoms with Gasteiger partial charge in [-0.25, -0.2) is 4.98 Å². The van der Waals surface area contributed by atoms with Gasteiger partial charge in [0.1, 0.15) is 0 Å². The van der Waals surface area contributed by atoms with Crippen molar-refractivity contribution in [1.29, 1.82) is 0 Å². The van der Waals surface area contributed by atoms with E-state index < -0.39 is 0 Å². The number of aryl methyl sites for hydroxylation is 1. The summed E-state index contributed by atoms with van der Waals surface area (Å²) >= 11 is 1.31. The molecule has 1 amide bonds. The molecule has 0 saturated heterocycles. The SMILES string of the molecule is CCc1ccc([C@H](C)NC(=O)CSc2nc3ccccc3c(=O)n2CC(C)C)cc1. The fourth-order valence-corrected chi connectivity index (χ4v) is 4.14. The summed E-state index contributed by atoms with van der Waals surface area (Å²) in [6.07, 6.45) is 0.995. The lowest BCUT2D eigenvalue weighted by atomic mass is 10.1. The molecule has 0 aliphatic carbocycles. The van der Waals surface area contributed by atoms with Crippen LogP contribution in [-0.4, -0.2) is 21.2 Å². The Bertz CT molecular complexity index is 1070. The van der Waals surface area contributed by atoms with Gasteiger partial charge < -0.3 is 5.32 Å². The molecule has 1 N–H and O–H groups in total. The van der Waals surface area contributed by atoms with Crippen LogP contribution in [0.25, 0.3) is 10.9 Å². The van der Waals surface area contributed by atoms with Crippen molar-refractivity contribution in [2.75, 3.05) is 5.75 Å². The van der Waals surface area contributed by atoms with Gasteiger partial charge in [-0.15, -0.1) is 0 Å². The topological polar surface area (TPSA) is 64.0 Å². The van der Waals surface area contributed by atoms with Crippen LogP contribution in [-0.2, 0) is 17.8 Å². The van der Waals surface area contributed by atoms with E-state index in [2.05, 4.69) is 55.3 Å². The lowest BCUT2D eigenvalue weighted by molar-refractivity contribution is -0.119. The maximum atomic E-state index is 13.0. The predicted octanol–water partition coefficient (Wildman–Crippen LogP) is 4.58. The maximum Gasteiger partial charge on any atom is 0.262 e. The fraction of sp³-hybridized carbons (Fsp3) is 0.375. The van der Waals surface area contributed by atoms with Crippen molar-refractivity contribution in [1.82, 2.24) is 14.9 Å². The van der Waals surface area contributed by atoms with E-state index in [1.807, 2.05) is 25.1 Å². The number of carbonyl (C=O) groups excluding carboxylic acids is 1. The summed E-state index contributed by atoms with van der Waals surface area (Å²) in [5.74, 6) is 0.427. The standard InChI is InChI=1S/C24H29N3O2S/c1-5-18-10-12-19(13-11-18)17(4)25-22(28)15-30-24-26-21-9-7-6-8-20(21)23(29)27(24)14-16(2)3/h6-13,16-17H,5,14-15H2,1-4H3,(H,25,28)/t17-/m0/s1. The first-order valence-electron chi connectivity index (χ1n) is 10.4. The van der Waals surface area contributed by atoms with E-state index in [1.54, 1.807) is 10.6 Å². The highest BCUT2D eigenvalue weighted by atomic mass is 32.2. The van der Waals surface area contributed by atoms with E-state index in [9.17, 15) is 9.59 Å². The van der Waals surface area contributed by atoms with Gasteiger partial charge in [0.25, 0.3) is 5.56 Å². The number of benzene rings is 2. The molecule has 2 aromatic carbocycles. The van der Waals surface area contributed by atoms with Gasteiger partial charge in [0, 0.05) is 6.54 Å². The van der Waals surface area contributed by atoms with Crippen molar-refractivity contribution in [3.63, 3.8) is 0 Å². The van der Waals surface area contributed by atoms with Gasteiger partial charge in [0.05, 0.1) is 22.7 Å². The van der Waals surface area contributed by atoms with Gasteiger partial charge in [0.2, 0.25) is 5.91 Å². The highest BCUT2D eigenvalue weighted by molar-refractivity contribution is 7.99. The minimum Gasteiger partial charge on any atom is -0.349 e. The molecule has 1 atom stereocenters. The van der Waals surface area contributed by atoms with Crippen LogP contribution in [0.5, 0.6) is 0 Å². The molecule has 0 bridgehead atoms. The Balaban J connectivity index is 1.73. The minimum atomic E-state index is -0.0782. The number of nitrogens with one attached hydrogen (secondary N) is 1. The Hall–Kier alpha value is -2.60. The van der Waals surface area contributed by atoms with Crippen LogP contribution in [0.4, 0.5) is 0 Å². The van der Waals surface area contributed by atoms with E-state index in [-0.39, 0.29) is 23.3 Å². The molecule has 6 heteroatoms. The smallest absolute Gasteiger partial charge is 0.262 e. The second-order valence-electron chi connectivity index (χ2n) is 7.89. The summed E-state index contributed by atoms with van der Waals surface area (Å²) in [5.41, 5.74) is 2.96. The Labute approximate surface area is 181 Å². The molecule has 0 spiro atoms. The summed E-state index contributed by atoms with van der Waals surface area (Å²) in [6, 6.07) is 15.6. The molecule has 0 aliphatic rings. The van der Waals surface area contributed by atoms with Gasteiger partial charge in [0.15, 0.2) is 5.16 Å². The van der Waals surface area contributed by atoms with E-state index in [4.69, 9.17) is 0 Å². The van der Waals surface area contributed by atoms with Crippen LogP contribution in [0.2, 0.25) is 0 Å². The molecule has 3 rings (SSSR count). The van der Waals surface area contributed by atoms with Crippen LogP contribution in [0, 0.1) is 5.92 Å². The Morgan fingerprint density at radius 2 is 1.80 bits per heavy atom. The second-order valence-corrected chi connectivity index (χ2v) is 8.84. The molecule has 3 aromatic rings. The van der Waals surface area contributed by atoms with Gasteiger partial charge in [-0.1, -0.05) is 68.9 Å². The first kappa shape index (κ1) is 22.1. The summed E-state index contributed by atoms with van der Waals surface area (Å²) in [5, 5.41) is 4.23. The molecular formula is C24H29N3O2S. The molecule has 0 unspecified atom stereocenters. The van der Waals surface area contributed by atoms with Crippen LogP contribution >= 0.6 is 11.8 Å². The normalized spacial score (nSPS) is 12.3. The van der Waals surface area contributed by atoms with Crippen LogP contribution in [0.3, 0.4) is 0 Å². The zero-order valence-electron chi connectivity index (χ0n) is 18.0. The van der Waals surface area contributed by atoms with Crippen molar-refractivity contribution < 1.29 is 4.79 Å². The zero-order valence-corrected chi connectivity index (χ0v) is 18.8. The average Bonchev–Trinajstić information content (AvgIpc) is 2.74. The second kappa shape index (κ2) is 9.94. The number of thioether (sulfide) groups is 1. The number of hydrogen-bond acceptors (Lipinski definition) is 4. The van der Waals surface area contributed by atoms with E-state index in [0.717, 1.165) is 12.0 Å². The monoisotopic (exact) mass is 423 g/mol. The van der Waals surface area contributed by atoms with Crippen molar-refractivity contribution in [2.24, 2.45) is 5.92 Å². The predicted molar refractivity (Wildman–Crippen MR) is 124 cm³/mol. The molecule has 1 aromatic heterocycles. The van der Waals surface area contributed by atoms with Crippen LogP contribution < -0.4 is 10.9 Å². The molecule has 1 heterocycles. The molecular weight excluding hydrogens is 394 g/mol. The third kappa shape index (κ3) is 5.30. The van der Waals surface area contributed by atoms with Crippen molar-refractivity contribution >= 4 is 28.6 Å². The first-order chi connectivity index (χ1) is 14.4. The van der Waals surface area contributed by atoms with Crippen molar-refractivity contribution in [2.45, 2.75) is 51.9 Å². The number of para-hydroxylation sites is 1. The largest absolute Gasteiger partial charge is 0.349 e. The number of fused-ring (bicyclic) bond motifs is 1. The quantitative estimate of drug-likeness (QED) is 0.425. The molecule has 0 fully saturated rings. The molecule has 0 saturated carbocycles. The molecule has 158 valence electrons. The van der Waals surface area contributed by atoms with Crippen molar-refractivity contribution in [3.8, 4) is 0 Å². The molecule has 5 nitrogen and oxygen atoms in total. The number of carbonyl (C=O) groups is 1. The lowest BCUT2D eigenvalue weighted by Crippen LogP contribution is -2.29. The number of nitrogens with zero attached hydrogens (tertiary/aromatic N) is 2. The number of amides is 1. The Morgan fingerprint density at radius 3 is 2.47 bits per heavy atom. The summed E-state index contributed by atoms with van der Waals surface area (Å²) < 4.78 is 1.69. The number of aromatic nitrogens is 2. The van der Waals surface area contributed by atoms with E-state index >= 15 is 0 Å². The van der Waals surface area contributed by atoms with Crippen molar-refractivity contribution in [3.05, 3.63) is 70.0 Å². The summed E-state index contributed by atoms with van der Waals surface area (Å²) in [6.45, 7) is 8.80. The van der Waals surface area contributed by atoms with Crippen LogP contribution in [0.15, 0.2) is 58.5 Å². The lowest BCUT2D eigenvalue weighted by Gasteiger charge is -2.16. The molecule has 30 heavy (non-hydrogen) atoms. The van der Waals surface area contributed by atoms with E-state index in [1.165, 1.54) is 17.3 Å². The third-order valence-corrected chi connectivity index (χ3v) is 5.95. The van der Waals surface area contributed by atoms with Gasteiger partial charge in [-0.2, -0.15) is 0 Å². The summed E-state index contributed by atoms with van der Waals surface area (Å²) in [4.78, 5) is 30.2. The van der Waals surface area contributed by atoms with Gasteiger partial charge in [-0.05, 0) is 42.5 Å². The van der Waals surface area contributed by atoms with Crippen LogP contribution in [0.1, 0.15) is 44.9 Å².